The predicted octanol–water partition coefficient (Wildman–Crippen LogP) is 0.281. The molecule has 0 aromatic rings. The van der Waals surface area contributed by atoms with Gasteiger partial charge in [0.2, 0.25) is 0 Å². The van der Waals surface area contributed by atoms with E-state index >= 15 is 0 Å². The first-order valence-corrected chi connectivity index (χ1v) is 2.34. The van der Waals surface area contributed by atoms with E-state index in [0.29, 0.717) is 13.0 Å². The summed E-state index contributed by atoms with van der Waals surface area (Å²) in [6.45, 7) is 0.557. The fourth-order valence-electron chi connectivity index (χ4n) is 0.515. The Morgan fingerprint density at radius 3 is 2.71 bits per heavy atom. The molecule has 0 aliphatic carbocycles. The Labute approximate surface area is 42.4 Å². The molecule has 0 saturated carbocycles. The van der Waals surface area contributed by atoms with Crippen LogP contribution in [-0.2, 0) is 4.74 Å². The third kappa shape index (κ3) is 1.29. The topological polar surface area (TPSA) is 29.5 Å². The van der Waals surface area contributed by atoms with E-state index in [9.17, 15) is 0 Å². The lowest BCUT2D eigenvalue weighted by atomic mass is 10.3. The fraction of sp³-hybridized carbons (Fsp3) is 0.600. The molecule has 0 fully saturated rings. The second-order valence-corrected chi connectivity index (χ2v) is 1.50. The smallest absolute Gasteiger partial charge is 0.158 e. The van der Waals surface area contributed by atoms with Gasteiger partial charge >= 0.3 is 0 Å². The van der Waals surface area contributed by atoms with Crippen LogP contribution in [0.3, 0.4) is 0 Å². The van der Waals surface area contributed by atoms with Crippen LogP contribution in [0.5, 0.6) is 0 Å². The van der Waals surface area contributed by atoms with Gasteiger partial charge in [0, 0.05) is 6.42 Å². The molecule has 0 aromatic carbocycles. The van der Waals surface area contributed by atoms with Crippen molar-refractivity contribution < 1.29 is 9.84 Å². The van der Waals surface area contributed by atoms with Crippen molar-refractivity contribution >= 4 is 0 Å². The number of aliphatic hydroxyl groups is 1. The molecule has 1 atom stereocenters. The molecule has 0 spiro atoms. The van der Waals surface area contributed by atoms with Crippen LogP contribution in [0.4, 0.5) is 0 Å². The third-order valence-electron chi connectivity index (χ3n) is 0.889. The van der Waals surface area contributed by atoms with Crippen LogP contribution < -0.4 is 0 Å². The molecule has 0 saturated heterocycles. The highest BCUT2D eigenvalue weighted by atomic mass is 16.6. The van der Waals surface area contributed by atoms with E-state index in [-0.39, 0.29) is 0 Å². The van der Waals surface area contributed by atoms with Crippen molar-refractivity contribution in [3.8, 4) is 0 Å². The highest BCUT2D eigenvalue weighted by Gasteiger charge is 2.01. The lowest BCUT2D eigenvalue weighted by Gasteiger charge is -2.10. The summed E-state index contributed by atoms with van der Waals surface area (Å²) in [5.41, 5.74) is 0. The van der Waals surface area contributed by atoms with Crippen molar-refractivity contribution in [2.24, 2.45) is 0 Å². The minimum atomic E-state index is -0.551. The lowest BCUT2D eigenvalue weighted by molar-refractivity contribution is -0.0910. The van der Waals surface area contributed by atoms with Gasteiger partial charge in [-0.1, -0.05) is 12.2 Å². The molecule has 0 aromatic heterocycles. The van der Waals surface area contributed by atoms with Crippen LogP contribution in [0.15, 0.2) is 12.2 Å². The Morgan fingerprint density at radius 1 is 1.57 bits per heavy atom. The molecule has 1 unspecified atom stereocenters. The Bertz CT molecular complexity index is 78.1. The Morgan fingerprint density at radius 2 is 2.43 bits per heavy atom. The molecule has 1 heterocycles. The average molecular weight is 100 g/mol. The van der Waals surface area contributed by atoms with Crippen LogP contribution in [0, 0.1) is 0 Å². The number of hydrogen-bond acceptors (Lipinski definition) is 2. The normalized spacial score (nSPS) is 30.7. The monoisotopic (exact) mass is 100 g/mol. The van der Waals surface area contributed by atoms with E-state index in [4.69, 9.17) is 9.84 Å². The van der Waals surface area contributed by atoms with Gasteiger partial charge in [-0.15, -0.1) is 0 Å². The number of rotatable bonds is 0. The zero-order chi connectivity index (χ0) is 5.11. The lowest BCUT2D eigenvalue weighted by Crippen LogP contribution is -2.13. The van der Waals surface area contributed by atoms with Crippen LogP contribution >= 0.6 is 0 Å². The van der Waals surface area contributed by atoms with E-state index in [0.717, 1.165) is 0 Å². The quantitative estimate of drug-likeness (QED) is 0.443. The molecule has 1 N–H and O–H groups in total. The maximum atomic E-state index is 8.64. The first kappa shape index (κ1) is 4.81. The van der Waals surface area contributed by atoms with Crippen LogP contribution in [0.2, 0.25) is 0 Å². The maximum absolute atomic E-state index is 8.64. The van der Waals surface area contributed by atoms with Crippen molar-refractivity contribution in [1.29, 1.82) is 0 Å². The minimum absolute atomic E-state index is 0.551. The van der Waals surface area contributed by atoms with E-state index < -0.39 is 6.29 Å². The molecule has 0 bridgehead atoms. The third-order valence-corrected chi connectivity index (χ3v) is 0.889. The van der Waals surface area contributed by atoms with Gasteiger partial charge in [0.15, 0.2) is 6.29 Å². The highest BCUT2D eigenvalue weighted by Crippen LogP contribution is 2.00. The Kier molecular flexibility index (Phi) is 1.44. The van der Waals surface area contributed by atoms with Gasteiger partial charge in [-0.05, 0) is 0 Å². The summed E-state index contributed by atoms with van der Waals surface area (Å²) >= 11 is 0. The molecule has 2 heteroatoms. The van der Waals surface area contributed by atoms with Gasteiger partial charge in [0.1, 0.15) is 0 Å². The van der Waals surface area contributed by atoms with Gasteiger partial charge in [-0.25, -0.2) is 0 Å². The minimum Gasteiger partial charge on any atom is -0.368 e. The summed E-state index contributed by atoms with van der Waals surface area (Å²) in [5.74, 6) is 0. The summed E-state index contributed by atoms with van der Waals surface area (Å²) < 4.78 is 4.75. The van der Waals surface area contributed by atoms with Crippen molar-refractivity contribution in [1.82, 2.24) is 0 Å². The van der Waals surface area contributed by atoms with E-state index in [1.807, 2.05) is 12.2 Å². The average Bonchev–Trinajstić information content (AvgIpc) is 1.69. The molecular weight excluding hydrogens is 92.1 g/mol. The van der Waals surface area contributed by atoms with E-state index in [1.165, 1.54) is 0 Å². The summed E-state index contributed by atoms with van der Waals surface area (Å²) in [6, 6.07) is 0. The zero-order valence-electron chi connectivity index (χ0n) is 4.00. The van der Waals surface area contributed by atoms with Crippen LogP contribution in [0.25, 0.3) is 0 Å². The van der Waals surface area contributed by atoms with Crippen LogP contribution in [-0.4, -0.2) is 18.0 Å². The summed E-state index contributed by atoms with van der Waals surface area (Å²) in [4.78, 5) is 0. The first-order valence-electron chi connectivity index (χ1n) is 2.34. The fourth-order valence-corrected chi connectivity index (χ4v) is 0.515. The Balaban J connectivity index is 2.32. The van der Waals surface area contributed by atoms with E-state index in [1.54, 1.807) is 0 Å². The SMILES string of the molecule is OC1CC=CCO1. The van der Waals surface area contributed by atoms with Crippen molar-refractivity contribution in [3.63, 3.8) is 0 Å². The molecule has 0 amide bonds. The molecule has 1 rings (SSSR count). The van der Waals surface area contributed by atoms with Crippen LogP contribution in [0.1, 0.15) is 6.42 Å². The largest absolute Gasteiger partial charge is 0.368 e. The standard InChI is InChI=1S/C5H8O2/c6-5-3-1-2-4-7-5/h1-2,5-6H,3-4H2. The molecule has 1 aliphatic rings. The predicted molar refractivity (Wildman–Crippen MR) is 25.7 cm³/mol. The molecular formula is C5H8O2. The van der Waals surface area contributed by atoms with Crippen molar-refractivity contribution in [2.45, 2.75) is 12.7 Å². The molecule has 2 nitrogen and oxygen atoms in total. The second-order valence-electron chi connectivity index (χ2n) is 1.50. The first-order chi connectivity index (χ1) is 3.39. The molecule has 7 heavy (non-hydrogen) atoms. The van der Waals surface area contributed by atoms with E-state index in [2.05, 4.69) is 0 Å². The number of aliphatic hydroxyl groups excluding tert-OH is 1. The summed E-state index contributed by atoms with van der Waals surface area (Å²) in [6.07, 6.45) is 3.89. The highest BCUT2D eigenvalue weighted by molar-refractivity contribution is 4.85. The molecule has 0 radical (unpaired) electrons. The zero-order valence-corrected chi connectivity index (χ0v) is 4.00. The molecule has 1 aliphatic heterocycles. The van der Waals surface area contributed by atoms with Gasteiger partial charge in [-0.3, -0.25) is 0 Å². The van der Waals surface area contributed by atoms with Gasteiger partial charge in [-0.2, -0.15) is 0 Å². The Hall–Kier alpha value is -0.340. The van der Waals surface area contributed by atoms with Crippen molar-refractivity contribution in [2.75, 3.05) is 6.61 Å². The summed E-state index contributed by atoms with van der Waals surface area (Å²) in [5, 5.41) is 8.64. The van der Waals surface area contributed by atoms with Gasteiger partial charge in [0.25, 0.3) is 0 Å². The van der Waals surface area contributed by atoms with Gasteiger partial charge in [0.05, 0.1) is 6.61 Å². The number of hydrogen-bond donors (Lipinski definition) is 1. The molecule has 40 valence electrons. The maximum Gasteiger partial charge on any atom is 0.158 e. The second kappa shape index (κ2) is 2.09. The van der Waals surface area contributed by atoms with Gasteiger partial charge < -0.3 is 9.84 Å². The number of ether oxygens (including phenoxy) is 1. The van der Waals surface area contributed by atoms with Crippen molar-refractivity contribution in [3.05, 3.63) is 12.2 Å². The summed E-state index contributed by atoms with van der Waals surface area (Å²) in [7, 11) is 0.